The summed E-state index contributed by atoms with van der Waals surface area (Å²) in [6, 6.07) is 81.1. The molecule has 0 radical (unpaired) electrons. The van der Waals surface area contributed by atoms with Crippen LogP contribution in [0.15, 0.2) is 261 Å². The van der Waals surface area contributed by atoms with Crippen LogP contribution in [0.4, 0.5) is 45.5 Å². The molecule has 0 bridgehead atoms. The molecule has 67 heavy (non-hydrogen) atoms. The summed E-state index contributed by atoms with van der Waals surface area (Å²) in [4.78, 5) is 7.40. The van der Waals surface area contributed by atoms with E-state index in [1.54, 1.807) is 0 Å². The fourth-order valence-electron chi connectivity index (χ4n) is 9.12. The molecule has 0 saturated heterocycles. The van der Waals surface area contributed by atoms with E-state index in [0.717, 1.165) is 101 Å². The van der Waals surface area contributed by atoms with E-state index in [9.17, 15) is 0 Å². The van der Waals surface area contributed by atoms with E-state index in [1.165, 1.54) is 0 Å². The second kappa shape index (κ2) is 20.2. The largest absolute Gasteiger partial charge is 0.309 e. The maximum absolute atomic E-state index is 4.54. The lowest BCUT2D eigenvalue weighted by molar-refractivity contribution is 1.18. The third kappa shape index (κ3) is 9.14. The Morgan fingerprint density at radius 3 is 1.06 bits per heavy atom. The normalized spacial score (nSPS) is 11.4. The summed E-state index contributed by atoms with van der Waals surface area (Å²) in [5.74, 6) is 0. The minimum absolute atomic E-state index is 0.922. The number of allylic oxidation sites excluding steroid dienone is 4. The molecule has 0 aliphatic carbocycles. The Bertz CT molecular complexity index is 3020. The van der Waals surface area contributed by atoms with E-state index in [1.807, 2.05) is 6.08 Å². The average Bonchev–Trinajstić information content (AvgIpc) is 3.37. The van der Waals surface area contributed by atoms with Gasteiger partial charge >= 0.3 is 0 Å². The van der Waals surface area contributed by atoms with Crippen LogP contribution >= 0.6 is 0 Å². The molecular formula is C64H55N3. The third-order valence-corrected chi connectivity index (χ3v) is 12.0. The Morgan fingerprint density at radius 2 is 0.701 bits per heavy atom. The minimum Gasteiger partial charge on any atom is -0.309 e. The van der Waals surface area contributed by atoms with Gasteiger partial charge in [0.25, 0.3) is 0 Å². The van der Waals surface area contributed by atoms with Crippen LogP contribution in [0.3, 0.4) is 0 Å². The van der Waals surface area contributed by atoms with Gasteiger partial charge in [-0.05, 0) is 134 Å². The summed E-state index contributed by atoms with van der Waals surface area (Å²) < 4.78 is 0. The van der Waals surface area contributed by atoms with Crippen molar-refractivity contribution in [2.45, 2.75) is 27.7 Å². The molecule has 3 nitrogen and oxygen atoms in total. The van der Waals surface area contributed by atoms with Crippen molar-refractivity contribution in [3.8, 4) is 33.4 Å². The van der Waals surface area contributed by atoms with Crippen molar-refractivity contribution in [3.05, 3.63) is 278 Å². The van der Waals surface area contributed by atoms with Crippen molar-refractivity contribution in [1.29, 1.82) is 0 Å². The summed E-state index contributed by atoms with van der Waals surface area (Å²) in [5, 5.41) is 0. The average molecular weight is 866 g/mol. The molecule has 9 rings (SSSR count). The number of hydrogen-bond donors (Lipinski definition) is 0. The molecule has 0 aromatic heterocycles. The molecule has 0 N–H and O–H groups in total. The zero-order chi connectivity index (χ0) is 46.1. The first kappa shape index (κ1) is 43.8. The van der Waals surface area contributed by atoms with Crippen molar-refractivity contribution in [2.24, 2.45) is 0 Å². The van der Waals surface area contributed by atoms with Crippen LogP contribution in [0.1, 0.15) is 23.6 Å². The van der Waals surface area contributed by atoms with E-state index >= 15 is 0 Å². The SMILES string of the molecule is C=C/C(=C\C=C/C)N(c1cccc(C)c1)c1c(-c2ccccc2)c(N(c2ccccc2)c2cccc(C)c2)c(-c2ccccc2)c(N(c2ccccc2)c2cccc(C)c2)c1-c1ccccc1. The van der Waals surface area contributed by atoms with Crippen LogP contribution in [0.2, 0.25) is 0 Å². The lowest BCUT2D eigenvalue weighted by Gasteiger charge is -2.41. The molecule has 0 fully saturated rings. The molecule has 9 aromatic carbocycles. The predicted octanol–water partition coefficient (Wildman–Crippen LogP) is 18.3. The first-order chi connectivity index (χ1) is 32.9. The van der Waals surface area contributed by atoms with Gasteiger partial charge in [-0.2, -0.15) is 0 Å². The van der Waals surface area contributed by atoms with Crippen molar-refractivity contribution in [3.63, 3.8) is 0 Å². The maximum atomic E-state index is 4.54. The summed E-state index contributed by atoms with van der Waals surface area (Å²) >= 11 is 0. The first-order valence-electron chi connectivity index (χ1n) is 23.0. The molecule has 0 spiro atoms. The Hall–Kier alpha value is -8.40. The molecule has 0 heterocycles. The highest BCUT2D eigenvalue weighted by Gasteiger charge is 2.37. The summed E-state index contributed by atoms with van der Waals surface area (Å²) in [5.41, 5.74) is 19.0. The Kier molecular flexibility index (Phi) is 13.2. The first-order valence-corrected chi connectivity index (χ1v) is 23.0. The highest BCUT2D eigenvalue weighted by atomic mass is 15.2. The standard InChI is InChI=1S/C64H55N3/c1-6-8-36-53(7-2)65(56-41-24-27-47(3)44-56)62-59(50-30-14-9-15-31-50)63(66(54-37-20-12-21-38-54)57-42-25-28-48(4)45-57)61(52-34-18-11-19-35-52)64(60(62)51-32-16-10-17-33-51)67(55-39-22-13-23-40-55)58-43-26-29-49(5)46-58/h6-46H,2H2,1,3-5H3/b8-6-,53-36+. The van der Waals surface area contributed by atoms with Gasteiger partial charge in [-0.15, -0.1) is 0 Å². The minimum atomic E-state index is 0.922. The van der Waals surface area contributed by atoms with Crippen molar-refractivity contribution in [2.75, 3.05) is 14.7 Å². The quantitative estimate of drug-likeness (QED) is 0.101. The number of aryl methyl sites for hydroxylation is 3. The van der Waals surface area contributed by atoms with Gasteiger partial charge in [0.05, 0.1) is 17.1 Å². The van der Waals surface area contributed by atoms with Gasteiger partial charge in [0.2, 0.25) is 0 Å². The van der Waals surface area contributed by atoms with E-state index in [-0.39, 0.29) is 0 Å². The highest BCUT2D eigenvalue weighted by molar-refractivity contribution is 6.17. The number of nitrogens with zero attached hydrogens (tertiary/aromatic N) is 3. The van der Waals surface area contributed by atoms with E-state index < -0.39 is 0 Å². The van der Waals surface area contributed by atoms with Crippen LogP contribution < -0.4 is 14.7 Å². The predicted molar refractivity (Wildman–Crippen MR) is 288 cm³/mol. The highest BCUT2D eigenvalue weighted by Crippen LogP contribution is 2.62. The van der Waals surface area contributed by atoms with Gasteiger partial charge in [0.1, 0.15) is 0 Å². The maximum Gasteiger partial charge on any atom is 0.0661 e. The van der Waals surface area contributed by atoms with Crippen LogP contribution in [-0.4, -0.2) is 0 Å². The number of benzene rings is 9. The van der Waals surface area contributed by atoms with Crippen molar-refractivity contribution >= 4 is 45.5 Å². The molecule has 0 aliphatic rings. The zero-order valence-corrected chi connectivity index (χ0v) is 38.7. The lowest BCUT2D eigenvalue weighted by Crippen LogP contribution is -2.23. The molecule has 9 aromatic rings. The smallest absolute Gasteiger partial charge is 0.0661 e. The fraction of sp³-hybridized carbons (Fsp3) is 0.0625. The number of hydrogen-bond acceptors (Lipinski definition) is 3. The molecule has 0 aliphatic heterocycles. The number of rotatable bonds is 14. The molecule has 0 saturated carbocycles. The number of para-hydroxylation sites is 2. The Balaban J connectivity index is 1.67. The molecule has 0 amide bonds. The summed E-state index contributed by atoms with van der Waals surface area (Å²) in [7, 11) is 0. The molecule has 0 atom stereocenters. The van der Waals surface area contributed by atoms with Gasteiger partial charge in [0.15, 0.2) is 0 Å². The molecule has 3 heteroatoms. The summed E-state index contributed by atoms with van der Waals surface area (Å²) in [6.07, 6.45) is 8.35. The topological polar surface area (TPSA) is 9.72 Å². The lowest BCUT2D eigenvalue weighted by atomic mass is 9.83. The van der Waals surface area contributed by atoms with Gasteiger partial charge in [0, 0.05) is 50.8 Å². The molecular weight excluding hydrogens is 811 g/mol. The second-order valence-electron chi connectivity index (χ2n) is 16.8. The Morgan fingerprint density at radius 1 is 0.373 bits per heavy atom. The van der Waals surface area contributed by atoms with Gasteiger partial charge in [-0.3, -0.25) is 0 Å². The van der Waals surface area contributed by atoms with Crippen LogP contribution in [0, 0.1) is 20.8 Å². The second-order valence-corrected chi connectivity index (χ2v) is 16.8. The van der Waals surface area contributed by atoms with Crippen molar-refractivity contribution in [1.82, 2.24) is 0 Å². The van der Waals surface area contributed by atoms with Crippen LogP contribution in [0.5, 0.6) is 0 Å². The van der Waals surface area contributed by atoms with Crippen LogP contribution in [0.25, 0.3) is 33.4 Å². The number of anilines is 8. The van der Waals surface area contributed by atoms with E-state index in [4.69, 9.17) is 0 Å². The van der Waals surface area contributed by atoms with Crippen molar-refractivity contribution < 1.29 is 0 Å². The Labute approximate surface area is 397 Å². The van der Waals surface area contributed by atoms with Gasteiger partial charge in [-0.1, -0.05) is 183 Å². The fourth-order valence-corrected chi connectivity index (χ4v) is 9.12. The molecule has 326 valence electrons. The van der Waals surface area contributed by atoms with Gasteiger partial charge in [-0.25, -0.2) is 0 Å². The zero-order valence-electron chi connectivity index (χ0n) is 38.7. The monoisotopic (exact) mass is 865 g/mol. The van der Waals surface area contributed by atoms with E-state index in [0.29, 0.717) is 0 Å². The van der Waals surface area contributed by atoms with Gasteiger partial charge < -0.3 is 14.7 Å². The van der Waals surface area contributed by atoms with E-state index in [2.05, 4.69) is 292 Å². The third-order valence-electron chi connectivity index (χ3n) is 12.0. The summed E-state index contributed by atoms with van der Waals surface area (Å²) in [6.45, 7) is 13.1. The van der Waals surface area contributed by atoms with Crippen LogP contribution in [-0.2, 0) is 0 Å². The molecule has 0 unspecified atom stereocenters.